The van der Waals surface area contributed by atoms with Crippen molar-refractivity contribution >= 4 is 29.1 Å². The molecule has 0 saturated carbocycles. The van der Waals surface area contributed by atoms with Crippen LogP contribution in [-0.2, 0) is 16.0 Å². The van der Waals surface area contributed by atoms with Gasteiger partial charge in [-0.2, -0.15) is 0 Å². The van der Waals surface area contributed by atoms with Gasteiger partial charge in [-0.1, -0.05) is 18.2 Å². The molecule has 1 aliphatic rings. The molecule has 1 unspecified atom stereocenters. The molecular formula is C20H23N3O3. The third-order valence-electron chi connectivity index (χ3n) is 4.31. The van der Waals surface area contributed by atoms with Crippen molar-refractivity contribution in [1.82, 2.24) is 0 Å². The average molecular weight is 353 g/mol. The van der Waals surface area contributed by atoms with Crippen LogP contribution in [0.3, 0.4) is 0 Å². The molecule has 136 valence electrons. The van der Waals surface area contributed by atoms with E-state index < -0.39 is 6.09 Å². The van der Waals surface area contributed by atoms with Gasteiger partial charge in [0.05, 0.1) is 6.61 Å². The van der Waals surface area contributed by atoms with Crippen LogP contribution in [0, 0.1) is 0 Å². The van der Waals surface area contributed by atoms with E-state index in [0.29, 0.717) is 18.8 Å². The fourth-order valence-electron chi connectivity index (χ4n) is 3.05. The molecule has 6 heteroatoms. The Labute approximate surface area is 153 Å². The minimum Gasteiger partial charge on any atom is -0.450 e. The predicted octanol–water partition coefficient (Wildman–Crippen LogP) is 3.64. The van der Waals surface area contributed by atoms with Crippen molar-refractivity contribution in [2.75, 3.05) is 28.7 Å². The molecule has 1 aliphatic heterocycles. The Morgan fingerprint density at radius 2 is 1.81 bits per heavy atom. The average Bonchev–Trinajstić information content (AvgIpc) is 3.07. The lowest BCUT2D eigenvalue weighted by molar-refractivity contribution is -0.118. The molecule has 0 radical (unpaired) electrons. The number of para-hydroxylation sites is 1. The van der Waals surface area contributed by atoms with Crippen molar-refractivity contribution in [2.24, 2.45) is 0 Å². The Kier molecular flexibility index (Phi) is 5.41. The number of nitrogens with zero attached hydrogens (tertiary/aromatic N) is 1. The first-order chi connectivity index (χ1) is 12.6. The number of nitrogens with one attached hydrogen (secondary N) is 2. The summed E-state index contributed by atoms with van der Waals surface area (Å²) in [5.74, 6) is 0.0451. The Morgan fingerprint density at radius 1 is 1.12 bits per heavy atom. The zero-order valence-corrected chi connectivity index (χ0v) is 15.0. The molecule has 0 saturated heterocycles. The van der Waals surface area contributed by atoms with E-state index in [1.54, 1.807) is 19.1 Å². The highest BCUT2D eigenvalue weighted by molar-refractivity contribution is 6.00. The summed E-state index contributed by atoms with van der Waals surface area (Å²) in [6.45, 7) is 4.65. The van der Waals surface area contributed by atoms with Gasteiger partial charge in [-0.3, -0.25) is 10.1 Å². The zero-order valence-electron chi connectivity index (χ0n) is 15.0. The van der Waals surface area contributed by atoms with Gasteiger partial charge < -0.3 is 15.0 Å². The molecule has 2 aromatic carbocycles. The van der Waals surface area contributed by atoms with Crippen LogP contribution in [0.5, 0.6) is 0 Å². The molecule has 0 aromatic heterocycles. The van der Waals surface area contributed by atoms with E-state index in [1.807, 2.05) is 42.2 Å². The van der Waals surface area contributed by atoms with E-state index in [2.05, 4.69) is 16.7 Å². The van der Waals surface area contributed by atoms with Crippen LogP contribution in [0.2, 0.25) is 0 Å². The highest BCUT2D eigenvalue weighted by Gasteiger charge is 2.27. The third-order valence-corrected chi connectivity index (χ3v) is 4.31. The Balaban J connectivity index is 1.60. The van der Waals surface area contributed by atoms with Crippen LogP contribution in [0.15, 0.2) is 48.5 Å². The standard InChI is InChI=1S/C20H23N3O3/c1-3-26-20(25)22-17-10-8-16(9-11-17)21-14(2)19(24)23-13-12-15-6-4-5-7-18(15)23/h4-11,14,21H,3,12-13H2,1-2H3,(H,22,25). The van der Waals surface area contributed by atoms with E-state index in [1.165, 1.54) is 5.56 Å². The third kappa shape index (κ3) is 3.96. The highest BCUT2D eigenvalue weighted by Crippen LogP contribution is 2.28. The van der Waals surface area contributed by atoms with Gasteiger partial charge in [0.15, 0.2) is 0 Å². The number of hydrogen-bond acceptors (Lipinski definition) is 4. The summed E-state index contributed by atoms with van der Waals surface area (Å²) < 4.78 is 4.84. The number of fused-ring (bicyclic) bond motifs is 1. The second kappa shape index (κ2) is 7.91. The summed E-state index contributed by atoms with van der Waals surface area (Å²) in [7, 11) is 0. The summed E-state index contributed by atoms with van der Waals surface area (Å²) in [5, 5.41) is 5.86. The fraction of sp³-hybridized carbons (Fsp3) is 0.300. The van der Waals surface area contributed by atoms with Crippen LogP contribution in [0.25, 0.3) is 0 Å². The van der Waals surface area contributed by atoms with Gasteiger partial charge in [0.2, 0.25) is 5.91 Å². The van der Waals surface area contributed by atoms with Crippen molar-refractivity contribution in [1.29, 1.82) is 0 Å². The van der Waals surface area contributed by atoms with Crippen molar-refractivity contribution in [3.8, 4) is 0 Å². The maximum atomic E-state index is 12.8. The van der Waals surface area contributed by atoms with Gasteiger partial charge >= 0.3 is 6.09 Å². The largest absolute Gasteiger partial charge is 0.450 e. The maximum absolute atomic E-state index is 12.8. The topological polar surface area (TPSA) is 70.7 Å². The van der Waals surface area contributed by atoms with Crippen molar-refractivity contribution in [3.63, 3.8) is 0 Å². The number of anilines is 3. The SMILES string of the molecule is CCOC(=O)Nc1ccc(NC(C)C(=O)N2CCc3ccccc32)cc1. The molecule has 1 atom stereocenters. The number of ether oxygens (including phenoxy) is 1. The summed E-state index contributed by atoms with van der Waals surface area (Å²) in [4.78, 5) is 26.0. The molecule has 6 nitrogen and oxygen atoms in total. The fourth-order valence-corrected chi connectivity index (χ4v) is 3.05. The molecule has 1 heterocycles. The Hall–Kier alpha value is -3.02. The maximum Gasteiger partial charge on any atom is 0.411 e. The van der Waals surface area contributed by atoms with E-state index in [9.17, 15) is 9.59 Å². The van der Waals surface area contributed by atoms with Crippen LogP contribution >= 0.6 is 0 Å². The molecule has 2 amide bonds. The zero-order chi connectivity index (χ0) is 18.5. The summed E-state index contributed by atoms with van der Waals surface area (Å²) in [5.41, 5.74) is 3.66. The molecule has 26 heavy (non-hydrogen) atoms. The lowest BCUT2D eigenvalue weighted by Gasteiger charge is -2.23. The highest BCUT2D eigenvalue weighted by atomic mass is 16.5. The van der Waals surface area contributed by atoms with Crippen LogP contribution in [0.4, 0.5) is 21.9 Å². The number of rotatable bonds is 5. The number of amides is 2. The smallest absolute Gasteiger partial charge is 0.411 e. The van der Waals surface area contributed by atoms with Crippen LogP contribution in [0.1, 0.15) is 19.4 Å². The van der Waals surface area contributed by atoms with Crippen LogP contribution in [-0.4, -0.2) is 31.2 Å². The molecule has 0 spiro atoms. The van der Waals surface area contributed by atoms with Crippen molar-refractivity contribution in [3.05, 3.63) is 54.1 Å². The first-order valence-corrected chi connectivity index (χ1v) is 8.78. The number of benzene rings is 2. The van der Waals surface area contributed by atoms with Crippen molar-refractivity contribution in [2.45, 2.75) is 26.3 Å². The van der Waals surface area contributed by atoms with E-state index in [0.717, 1.165) is 17.8 Å². The van der Waals surface area contributed by atoms with Crippen molar-refractivity contribution < 1.29 is 14.3 Å². The lowest BCUT2D eigenvalue weighted by Crippen LogP contribution is -2.40. The number of hydrogen-bond donors (Lipinski definition) is 2. The van der Waals surface area contributed by atoms with E-state index >= 15 is 0 Å². The van der Waals surface area contributed by atoms with Crippen LogP contribution < -0.4 is 15.5 Å². The lowest BCUT2D eigenvalue weighted by atomic mass is 10.2. The van der Waals surface area contributed by atoms with Gasteiger partial charge in [0.25, 0.3) is 0 Å². The summed E-state index contributed by atoms with van der Waals surface area (Å²) in [6, 6.07) is 14.8. The van der Waals surface area contributed by atoms with E-state index in [4.69, 9.17) is 4.74 Å². The minimum atomic E-state index is -0.482. The molecule has 0 bridgehead atoms. The summed E-state index contributed by atoms with van der Waals surface area (Å²) >= 11 is 0. The second-order valence-corrected chi connectivity index (χ2v) is 6.16. The molecule has 3 rings (SSSR count). The molecule has 2 N–H and O–H groups in total. The van der Waals surface area contributed by atoms with Gasteiger partial charge in [-0.15, -0.1) is 0 Å². The van der Waals surface area contributed by atoms with Gasteiger partial charge in [-0.05, 0) is 56.2 Å². The predicted molar refractivity (Wildman–Crippen MR) is 103 cm³/mol. The first-order valence-electron chi connectivity index (χ1n) is 8.78. The first kappa shape index (κ1) is 17.8. The molecular weight excluding hydrogens is 330 g/mol. The van der Waals surface area contributed by atoms with Gasteiger partial charge in [-0.25, -0.2) is 4.79 Å². The van der Waals surface area contributed by atoms with Gasteiger partial charge in [0, 0.05) is 23.6 Å². The minimum absolute atomic E-state index is 0.0451. The quantitative estimate of drug-likeness (QED) is 0.861. The summed E-state index contributed by atoms with van der Waals surface area (Å²) in [6.07, 6.45) is 0.410. The Bertz CT molecular complexity index is 789. The molecule has 0 aliphatic carbocycles. The van der Waals surface area contributed by atoms with E-state index in [-0.39, 0.29) is 11.9 Å². The number of carbonyl (C=O) groups excluding carboxylic acids is 2. The molecule has 0 fully saturated rings. The van der Waals surface area contributed by atoms with Gasteiger partial charge in [0.1, 0.15) is 6.04 Å². The Morgan fingerprint density at radius 3 is 2.54 bits per heavy atom. The second-order valence-electron chi connectivity index (χ2n) is 6.16. The molecule has 2 aromatic rings. The normalized spacial score (nSPS) is 13.7. The number of carbonyl (C=O) groups is 2. The monoisotopic (exact) mass is 353 g/mol.